The van der Waals surface area contributed by atoms with Crippen molar-refractivity contribution in [2.45, 2.75) is 19.8 Å². The molecule has 0 aliphatic carbocycles. The van der Waals surface area contributed by atoms with E-state index in [0.717, 1.165) is 16.0 Å². The number of hydrogen-bond acceptors (Lipinski definition) is 3. The molecule has 15 heavy (non-hydrogen) atoms. The van der Waals surface area contributed by atoms with Gasteiger partial charge in [0.05, 0.1) is 10.7 Å². The van der Waals surface area contributed by atoms with E-state index in [2.05, 4.69) is 44.8 Å². The summed E-state index contributed by atoms with van der Waals surface area (Å²) >= 11 is 3.35. The van der Waals surface area contributed by atoms with Gasteiger partial charge in [-0.25, -0.2) is 14.6 Å². The summed E-state index contributed by atoms with van der Waals surface area (Å²) < 4.78 is 2.66. The van der Waals surface area contributed by atoms with Gasteiger partial charge in [0.15, 0.2) is 5.82 Å². The standard InChI is InChI=1S/C10H11BrN4/c1-7(2)9-3-10(13-6-12-9)15-5-8(11)4-14-15/h3-7H,1-2H3. The molecule has 0 aromatic carbocycles. The second-order valence-electron chi connectivity index (χ2n) is 3.56. The fourth-order valence-corrected chi connectivity index (χ4v) is 1.51. The largest absolute Gasteiger partial charge is 0.241 e. The quantitative estimate of drug-likeness (QED) is 0.839. The van der Waals surface area contributed by atoms with Crippen LogP contribution in [0.4, 0.5) is 0 Å². The summed E-state index contributed by atoms with van der Waals surface area (Å²) in [6.07, 6.45) is 5.17. The van der Waals surface area contributed by atoms with Gasteiger partial charge in [0.25, 0.3) is 0 Å². The molecule has 0 amide bonds. The fraction of sp³-hybridized carbons (Fsp3) is 0.300. The van der Waals surface area contributed by atoms with Crippen LogP contribution in [0.25, 0.3) is 5.82 Å². The average molecular weight is 267 g/mol. The molecule has 2 aromatic heterocycles. The summed E-state index contributed by atoms with van der Waals surface area (Å²) in [5.74, 6) is 1.19. The molecule has 0 N–H and O–H groups in total. The molecule has 2 heterocycles. The summed E-state index contributed by atoms with van der Waals surface area (Å²) in [6, 6.07) is 1.95. The normalized spacial score (nSPS) is 10.9. The lowest BCUT2D eigenvalue weighted by Crippen LogP contribution is -2.01. The predicted octanol–water partition coefficient (Wildman–Crippen LogP) is 2.55. The molecular formula is C10H11BrN4. The Hall–Kier alpha value is -1.23. The minimum Gasteiger partial charge on any atom is -0.241 e. The third-order valence-electron chi connectivity index (χ3n) is 2.05. The van der Waals surface area contributed by atoms with E-state index in [1.165, 1.54) is 0 Å². The van der Waals surface area contributed by atoms with E-state index in [-0.39, 0.29) is 0 Å². The molecule has 0 aliphatic rings. The molecule has 0 saturated carbocycles. The number of aromatic nitrogens is 4. The van der Waals surface area contributed by atoms with E-state index in [1.807, 2.05) is 12.3 Å². The first-order valence-electron chi connectivity index (χ1n) is 4.69. The van der Waals surface area contributed by atoms with Crippen LogP contribution in [0.2, 0.25) is 0 Å². The van der Waals surface area contributed by atoms with Gasteiger partial charge >= 0.3 is 0 Å². The Morgan fingerprint density at radius 3 is 2.73 bits per heavy atom. The molecule has 4 nitrogen and oxygen atoms in total. The first kappa shape index (κ1) is 10.3. The summed E-state index contributed by atoms with van der Waals surface area (Å²) in [6.45, 7) is 4.20. The number of halogens is 1. The Kier molecular flexibility index (Phi) is 2.81. The van der Waals surface area contributed by atoms with E-state index in [9.17, 15) is 0 Å². The summed E-state index contributed by atoms with van der Waals surface area (Å²) in [4.78, 5) is 8.38. The molecule has 0 spiro atoms. The van der Waals surface area contributed by atoms with Gasteiger partial charge in [0.1, 0.15) is 6.33 Å². The lowest BCUT2D eigenvalue weighted by molar-refractivity contribution is 0.784. The summed E-state index contributed by atoms with van der Waals surface area (Å²) in [5.41, 5.74) is 1.02. The maximum Gasteiger partial charge on any atom is 0.156 e. The average Bonchev–Trinajstić information content (AvgIpc) is 2.65. The highest BCUT2D eigenvalue weighted by Crippen LogP contribution is 2.14. The van der Waals surface area contributed by atoms with E-state index in [1.54, 1.807) is 17.2 Å². The zero-order valence-electron chi connectivity index (χ0n) is 8.55. The van der Waals surface area contributed by atoms with Gasteiger partial charge in [-0.2, -0.15) is 5.10 Å². The highest BCUT2D eigenvalue weighted by atomic mass is 79.9. The molecule has 0 fully saturated rings. The van der Waals surface area contributed by atoms with Crippen molar-refractivity contribution < 1.29 is 0 Å². The van der Waals surface area contributed by atoms with Crippen LogP contribution < -0.4 is 0 Å². The van der Waals surface area contributed by atoms with Crippen LogP contribution in [0.5, 0.6) is 0 Å². The Balaban J connectivity index is 2.41. The highest BCUT2D eigenvalue weighted by molar-refractivity contribution is 9.10. The topological polar surface area (TPSA) is 43.6 Å². The van der Waals surface area contributed by atoms with Crippen LogP contribution in [0.3, 0.4) is 0 Å². The Morgan fingerprint density at radius 1 is 1.33 bits per heavy atom. The molecule has 78 valence electrons. The van der Waals surface area contributed by atoms with Gasteiger partial charge in [0.2, 0.25) is 0 Å². The molecule has 0 saturated heterocycles. The van der Waals surface area contributed by atoms with Crippen LogP contribution in [0.1, 0.15) is 25.5 Å². The van der Waals surface area contributed by atoms with Gasteiger partial charge < -0.3 is 0 Å². The monoisotopic (exact) mass is 266 g/mol. The lowest BCUT2D eigenvalue weighted by Gasteiger charge is -2.05. The van der Waals surface area contributed by atoms with Gasteiger partial charge in [0, 0.05) is 18.0 Å². The maximum absolute atomic E-state index is 4.21. The van der Waals surface area contributed by atoms with Crippen molar-refractivity contribution in [3.05, 3.63) is 35.0 Å². The van der Waals surface area contributed by atoms with E-state index >= 15 is 0 Å². The summed E-state index contributed by atoms with van der Waals surface area (Å²) in [7, 11) is 0. The SMILES string of the molecule is CC(C)c1cc(-n2cc(Br)cn2)ncn1. The first-order chi connectivity index (χ1) is 7.16. The number of rotatable bonds is 2. The second-order valence-corrected chi connectivity index (χ2v) is 4.47. The van der Waals surface area contributed by atoms with E-state index in [0.29, 0.717) is 5.92 Å². The van der Waals surface area contributed by atoms with Crippen molar-refractivity contribution in [2.24, 2.45) is 0 Å². The molecule has 0 radical (unpaired) electrons. The number of hydrogen-bond donors (Lipinski definition) is 0. The zero-order chi connectivity index (χ0) is 10.8. The molecule has 2 aromatic rings. The molecule has 2 rings (SSSR count). The molecule has 5 heteroatoms. The van der Waals surface area contributed by atoms with Crippen molar-refractivity contribution in [1.29, 1.82) is 0 Å². The van der Waals surface area contributed by atoms with Crippen molar-refractivity contribution in [1.82, 2.24) is 19.7 Å². The number of nitrogens with zero attached hydrogens (tertiary/aromatic N) is 4. The zero-order valence-corrected chi connectivity index (χ0v) is 10.1. The van der Waals surface area contributed by atoms with E-state index in [4.69, 9.17) is 0 Å². The minimum atomic E-state index is 0.394. The molecule has 0 atom stereocenters. The smallest absolute Gasteiger partial charge is 0.156 e. The van der Waals surface area contributed by atoms with E-state index < -0.39 is 0 Å². The lowest BCUT2D eigenvalue weighted by atomic mass is 10.1. The molecule has 0 aliphatic heterocycles. The predicted molar refractivity (Wildman–Crippen MR) is 60.9 cm³/mol. The van der Waals surface area contributed by atoms with Crippen molar-refractivity contribution in [3.63, 3.8) is 0 Å². The highest BCUT2D eigenvalue weighted by Gasteiger charge is 2.05. The summed E-state index contributed by atoms with van der Waals surface area (Å²) in [5, 5.41) is 4.17. The fourth-order valence-electron chi connectivity index (χ4n) is 1.23. The molecular weight excluding hydrogens is 256 g/mol. The van der Waals surface area contributed by atoms with Crippen LogP contribution in [0.15, 0.2) is 29.3 Å². The third-order valence-corrected chi connectivity index (χ3v) is 2.46. The van der Waals surface area contributed by atoms with Crippen LogP contribution in [0, 0.1) is 0 Å². The molecule has 0 bridgehead atoms. The van der Waals surface area contributed by atoms with Crippen molar-refractivity contribution in [2.75, 3.05) is 0 Å². The Labute approximate surface area is 96.5 Å². The third kappa shape index (κ3) is 2.23. The molecule has 0 unspecified atom stereocenters. The minimum absolute atomic E-state index is 0.394. The maximum atomic E-state index is 4.21. The first-order valence-corrected chi connectivity index (χ1v) is 5.48. The van der Waals surface area contributed by atoms with Crippen molar-refractivity contribution in [3.8, 4) is 5.82 Å². The Bertz CT molecular complexity index is 464. The van der Waals surface area contributed by atoms with Crippen LogP contribution in [-0.4, -0.2) is 19.7 Å². The van der Waals surface area contributed by atoms with Crippen LogP contribution >= 0.6 is 15.9 Å². The van der Waals surface area contributed by atoms with Gasteiger partial charge in [-0.1, -0.05) is 13.8 Å². The Morgan fingerprint density at radius 2 is 2.13 bits per heavy atom. The van der Waals surface area contributed by atoms with Gasteiger partial charge in [-0.15, -0.1) is 0 Å². The van der Waals surface area contributed by atoms with Gasteiger partial charge in [-0.3, -0.25) is 0 Å². The second kappa shape index (κ2) is 4.10. The van der Waals surface area contributed by atoms with Gasteiger partial charge in [-0.05, 0) is 21.8 Å². The van der Waals surface area contributed by atoms with Crippen LogP contribution in [-0.2, 0) is 0 Å². The van der Waals surface area contributed by atoms with Crippen molar-refractivity contribution >= 4 is 15.9 Å².